The number of hydrogen-bond donors (Lipinski definition) is 1. The summed E-state index contributed by atoms with van der Waals surface area (Å²) in [6.45, 7) is 4.00. The van der Waals surface area contributed by atoms with E-state index in [4.69, 9.17) is 0 Å². The molecular formula is C27H27N7O. The molecule has 0 bridgehead atoms. The van der Waals surface area contributed by atoms with Crippen molar-refractivity contribution >= 4 is 23.3 Å². The van der Waals surface area contributed by atoms with Crippen LogP contribution in [0.2, 0.25) is 0 Å². The Morgan fingerprint density at radius 2 is 1.91 bits per heavy atom. The molecule has 1 fully saturated rings. The molecular weight excluding hydrogens is 438 g/mol. The Morgan fingerprint density at radius 1 is 1.03 bits per heavy atom. The van der Waals surface area contributed by atoms with Gasteiger partial charge < -0.3 is 10.2 Å². The van der Waals surface area contributed by atoms with Gasteiger partial charge in [-0.3, -0.25) is 14.8 Å². The third-order valence-corrected chi connectivity index (χ3v) is 6.16. The number of allylic oxidation sites excluding steroid dienone is 4. The number of aliphatic imine (C=N–C) groups is 1. The van der Waals surface area contributed by atoms with E-state index in [9.17, 15) is 4.79 Å². The molecule has 0 saturated carbocycles. The first kappa shape index (κ1) is 22.6. The van der Waals surface area contributed by atoms with Gasteiger partial charge in [-0.1, -0.05) is 6.08 Å². The monoisotopic (exact) mass is 465 g/mol. The quantitative estimate of drug-likeness (QED) is 0.589. The van der Waals surface area contributed by atoms with Gasteiger partial charge in [0.25, 0.3) is 5.91 Å². The van der Waals surface area contributed by atoms with Gasteiger partial charge in [-0.05, 0) is 62.1 Å². The van der Waals surface area contributed by atoms with Crippen LogP contribution in [-0.4, -0.2) is 44.6 Å². The van der Waals surface area contributed by atoms with E-state index in [0.29, 0.717) is 17.9 Å². The Balaban J connectivity index is 1.30. The lowest BCUT2D eigenvalue weighted by atomic mass is 10.0. The first-order chi connectivity index (χ1) is 17.2. The molecule has 0 aromatic carbocycles. The van der Waals surface area contributed by atoms with Gasteiger partial charge in [0, 0.05) is 55.6 Å². The van der Waals surface area contributed by atoms with Gasteiger partial charge in [-0.25, -0.2) is 15.0 Å². The standard InChI is InChI=1S/C27H27N7O/c1-19-7-8-22(31-26(35)21-14-23(18-29-17-21)34-12-3-2-4-13-34)15-25(19)33-27-30-11-9-24(32-27)20-6-5-10-28-16-20/h5-11,14,16-18H,2-4,12-13,15H2,1H3,(H,31,35). The number of carbonyl (C=O) groups excluding carboxylic acids is 1. The van der Waals surface area contributed by atoms with E-state index in [0.717, 1.165) is 47.0 Å². The number of pyridine rings is 2. The van der Waals surface area contributed by atoms with Gasteiger partial charge in [0.05, 0.1) is 28.9 Å². The Morgan fingerprint density at radius 3 is 2.74 bits per heavy atom. The molecule has 1 N–H and O–H groups in total. The van der Waals surface area contributed by atoms with Crippen LogP contribution < -0.4 is 10.2 Å². The second-order valence-electron chi connectivity index (χ2n) is 8.69. The van der Waals surface area contributed by atoms with Crippen LogP contribution in [0.1, 0.15) is 43.0 Å². The van der Waals surface area contributed by atoms with Crippen LogP contribution in [0.3, 0.4) is 0 Å². The van der Waals surface area contributed by atoms with E-state index in [2.05, 4.69) is 35.1 Å². The number of rotatable bonds is 5. The van der Waals surface area contributed by atoms with E-state index < -0.39 is 0 Å². The van der Waals surface area contributed by atoms with E-state index in [1.807, 2.05) is 49.5 Å². The summed E-state index contributed by atoms with van der Waals surface area (Å²) in [7, 11) is 0. The number of carbonyl (C=O) groups is 1. The SMILES string of the molecule is CC1=CC=C(NC(=O)c2cncc(N3CCCCC3)c2)CC1=Nc1nccc(-c2cccnc2)n1. The topological polar surface area (TPSA) is 96.3 Å². The van der Waals surface area contributed by atoms with Gasteiger partial charge >= 0.3 is 0 Å². The molecule has 0 unspecified atom stereocenters. The molecule has 3 aromatic rings. The van der Waals surface area contributed by atoms with E-state index in [1.54, 1.807) is 24.8 Å². The highest BCUT2D eigenvalue weighted by Gasteiger charge is 2.17. The van der Waals surface area contributed by atoms with Crippen molar-refractivity contribution in [2.24, 2.45) is 4.99 Å². The van der Waals surface area contributed by atoms with Crippen LogP contribution in [-0.2, 0) is 0 Å². The summed E-state index contributed by atoms with van der Waals surface area (Å²) in [6, 6.07) is 7.57. The van der Waals surface area contributed by atoms with Gasteiger partial charge in [0.15, 0.2) is 0 Å². The maximum Gasteiger partial charge on any atom is 0.257 e. The molecule has 5 rings (SSSR count). The number of amides is 1. The van der Waals surface area contributed by atoms with E-state index >= 15 is 0 Å². The van der Waals surface area contributed by atoms with Gasteiger partial charge in [-0.2, -0.15) is 0 Å². The molecule has 1 saturated heterocycles. The molecule has 2 aliphatic rings. The highest BCUT2D eigenvalue weighted by atomic mass is 16.1. The zero-order chi connectivity index (χ0) is 24.0. The third-order valence-electron chi connectivity index (χ3n) is 6.16. The Labute approximate surface area is 204 Å². The van der Waals surface area contributed by atoms with Gasteiger partial charge in [-0.15, -0.1) is 0 Å². The molecule has 176 valence electrons. The summed E-state index contributed by atoms with van der Waals surface area (Å²) in [5.74, 6) is 0.199. The molecule has 0 spiro atoms. The highest BCUT2D eigenvalue weighted by Crippen LogP contribution is 2.22. The summed E-state index contributed by atoms with van der Waals surface area (Å²) in [4.78, 5) is 37.3. The van der Waals surface area contributed by atoms with Crippen molar-refractivity contribution in [3.8, 4) is 11.3 Å². The summed E-state index contributed by atoms with van der Waals surface area (Å²) < 4.78 is 0. The van der Waals surface area contributed by atoms with Crippen LogP contribution in [0, 0.1) is 0 Å². The Kier molecular flexibility index (Phi) is 6.70. The predicted molar refractivity (Wildman–Crippen MR) is 137 cm³/mol. The lowest BCUT2D eigenvalue weighted by Crippen LogP contribution is -2.30. The summed E-state index contributed by atoms with van der Waals surface area (Å²) in [5, 5.41) is 3.03. The maximum absolute atomic E-state index is 13.0. The minimum Gasteiger partial charge on any atom is -0.370 e. The molecule has 1 aliphatic carbocycles. The van der Waals surface area contributed by atoms with E-state index in [-0.39, 0.29) is 5.91 Å². The maximum atomic E-state index is 13.0. The van der Waals surface area contributed by atoms with Crippen molar-refractivity contribution in [1.82, 2.24) is 25.3 Å². The molecule has 0 atom stereocenters. The number of piperidine rings is 1. The normalized spacial score (nSPS) is 17.1. The van der Waals surface area contributed by atoms with Gasteiger partial charge in [0.1, 0.15) is 0 Å². The molecule has 1 aliphatic heterocycles. The second-order valence-corrected chi connectivity index (χ2v) is 8.69. The van der Waals surface area contributed by atoms with E-state index in [1.165, 1.54) is 19.3 Å². The zero-order valence-electron chi connectivity index (χ0n) is 19.7. The Hall–Kier alpha value is -4.20. The lowest BCUT2D eigenvalue weighted by molar-refractivity contribution is 0.0965. The molecule has 35 heavy (non-hydrogen) atoms. The van der Waals surface area contributed by atoms with Crippen molar-refractivity contribution in [3.05, 3.63) is 84.2 Å². The summed E-state index contributed by atoms with van der Waals surface area (Å²) in [6.07, 6.45) is 16.6. The molecule has 0 radical (unpaired) electrons. The average molecular weight is 466 g/mol. The summed E-state index contributed by atoms with van der Waals surface area (Å²) in [5.41, 5.74) is 5.80. The second kappa shape index (κ2) is 10.4. The minimum absolute atomic E-state index is 0.176. The molecule has 4 heterocycles. The number of anilines is 1. The molecule has 1 amide bonds. The van der Waals surface area contributed by atoms with Crippen molar-refractivity contribution < 1.29 is 4.79 Å². The first-order valence-electron chi connectivity index (χ1n) is 11.9. The van der Waals surface area contributed by atoms with Gasteiger partial charge in [0.2, 0.25) is 5.95 Å². The summed E-state index contributed by atoms with van der Waals surface area (Å²) >= 11 is 0. The van der Waals surface area contributed by atoms with Crippen molar-refractivity contribution in [2.75, 3.05) is 18.0 Å². The number of hydrogen-bond acceptors (Lipinski definition) is 7. The minimum atomic E-state index is -0.176. The fraction of sp³-hybridized carbons (Fsp3) is 0.259. The van der Waals surface area contributed by atoms with Crippen LogP contribution in [0.25, 0.3) is 11.3 Å². The van der Waals surface area contributed by atoms with Crippen LogP contribution >= 0.6 is 0 Å². The average Bonchev–Trinajstić information content (AvgIpc) is 2.92. The highest BCUT2D eigenvalue weighted by molar-refractivity contribution is 6.04. The van der Waals surface area contributed by atoms with Crippen LogP contribution in [0.4, 0.5) is 11.6 Å². The molecule has 3 aromatic heterocycles. The molecule has 8 nitrogen and oxygen atoms in total. The number of nitrogens with one attached hydrogen (secondary N) is 1. The van der Waals surface area contributed by atoms with Crippen molar-refractivity contribution in [2.45, 2.75) is 32.6 Å². The zero-order valence-corrected chi connectivity index (χ0v) is 19.7. The predicted octanol–water partition coefficient (Wildman–Crippen LogP) is 4.66. The molecule has 8 heteroatoms. The first-order valence-corrected chi connectivity index (χ1v) is 11.9. The Bertz CT molecular complexity index is 1310. The van der Waals surface area contributed by atoms with Crippen LogP contribution in [0.15, 0.2) is 83.7 Å². The lowest BCUT2D eigenvalue weighted by Gasteiger charge is -2.28. The largest absolute Gasteiger partial charge is 0.370 e. The number of nitrogens with zero attached hydrogens (tertiary/aromatic N) is 6. The smallest absolute Gasteiger partial charge is 0.257 e. The fourth-order valence-electron chi connectivity index (χ4n) is 4.21. The van der Waals surface area contributed by atoms with Crippen molar-refractivity contribution in [1.29, 1.82) is 0 Å². The third kappa shape index (κ3) is 5.48. The van der Waals surface area contributed by atoms with Crippen LogP contribution in [0.5, 0.6) is 0 Å². The van der Waals surface area contributed by atoms with Crippen molar-refractivity contribution in [3.63, 3.8) is 0 Å². The fourth-order valence-corrected chi connectivity index (χ4v) is 4.21. The number of aromatic nitrogens is 4.